The molecule has 5 nitrogen and oxygen atoms in total. The summed E-state index contributed by atoms with van der Waals surface area (Å²) in [4.78, 5) is 23.5. The van der Waals surface area contributed by atoms with Gasteiger partial charge >= 0.3 is 5.97 Å². The number of nitrogens with one attached hydrogen (secondary N) is 1. The molecule has 0 saturated heterocycles. The van der Waals surface area contributed by atoms with Crippen LogP contribution in [0, 0.1) is 23.7 Å². The molecule has 2 saturated carbocycles. The molecule has 0 aromatic carbocycles. The van der Waals surface area contributed by atoms with Crippen LogP contribution in [0.5, 0.6) is 0 Å². The first-order valence-corrected chi connectivity index (χ1v) is 8.03. The van der Waals surface area contributed by atoms with Crippen LogP contribution in [-0.4, -0.2) is 34.2 Å². The predicted octanol–water partition coefficient (Wildman–Crippen LogP) is 1.79. The molecule has 0 aromatic rings. The first-order chi connectivity index (χ1) is 9.81. The molecule has 0 bridgehead atoms. The van der Waals surface area contributed by atoms with Gasteiger partial charge in [0.15, 0.2) is 0 Å². The second-order valence-corrected chi connectivity index (χ2v) is 7.25. The van der Waals surface area contributed by atoms with Crippen molar-refractivity contribution in [2.75, 3.05) is 6.54 Å². The van der Waals surface area contributed by atoms with Crippen LogP contribution < -0.4 is 5.32 Å². The van der Waals surface area contributed by atoms with Crippen molar-refractivity contribution in [3.63, 3.8) is 0 Å². The van der Waals surface area contributed by atoms with Crippen LogP contribution in [0.25, 0.3) is 0 Å². The van der Waals surface area contributed by atoms with Crippen molar-refractivity contribution in [3.8, 4) is 0 Å². The van der Waals surface area contributed by atoms with Gasteiger partial charge in [-0.3, -0.25) is 9.59 Å². The molecule has 0 radical (unpaired) electrons. The Hall–Kier alpha value is -1.10. The fourth-order valence-electron chi connectivity index (χ4n) is 3.71. The van der Waals surface area contributed by atoms with E-state index in [0.717, 1.165) is 12.8 Å². The number of hydrogen-bond donors (Lipinski definition) is 3. The van der Waals surface area contributed by atoms with Crippen LogP contribution in [0.4, 0.5) is 0 Å². The number of amides is 1. The smallest absolute Gasteiger partial charge is 0.307 e. The molecule has 0 aliphatic heterocycles. The summed E-state index contributed by atoms with van der Waals surface area (Å²) < 4.78 is 0. The summed E-state index contributed by atoms with van der Waals surface area (Å²) in [7, 11) is 0. The second kappa shape index (κ2) is 6.34. The topological polar surface area (TPSA) is 86.6 Å². The van der Waals surface area contributed by atoms with Gasteiger partial charge in [0, 0.05) is 6.54 Å². The molecule has 0 spiro atoms. The normalized spacial score (nSPS) is 40.0. The molecule has 3 atom stereocenters. The van der Waals surface area contributed by atoms with Crippen molar-refractivity contribution in [1.29, 1.82) is 0 Å². The van der Waals surface area contributed by atoms with E-state index in [2.05, 4.69) is 12.2 Å². The van der Waals surface area contributed by atoms with Crippen molar-refractivity contribution in [3.05, 3.63) is 0 Å². The van der Waals surface area contributed by atoms with Gasteiger partial charge in [0.2, 0.25) is 5.91 Å². The van der Waals surface area contributed by atoms with E-state index in [0.29, 0.717) is 31.6 Å². The van der Waals surface area contributed by atoms with Crippen molar-refractivity contribution in [2.45, 2.75) is 58.0 Å². The summed E-state index contributed by atoms with van der Waals surface area (Å²) in [6, 6.07) is 0. The molecule has 2 aliphatic carbocycles. The average molecular weight is 297 g/mol. The lowest BCUT2D eigenvalue weighted by Gasteiger charge is -2.35. The predicted molar refractivity (Wildman–Crippen MR) is 78.6 cm³/mol. The van der Waals surface area contributed by atoms with E-state index in [-0.39, 0.29) is 18.4 Å². The summed E-state index contributed by atoms with van der Waals surface area (Å²) in [5, 5.41) is 22.5. The van der Waals surface area contributed by atoms with Crippen molar-refractivity contribution >= 4 is 11.9 Å². The van der Waals surface area contributed by atoms with Crippen molar-refractivity contribution in [2.24, 2.45) is 23.7 Å². The lowest BCUT2D eigenvalue weighted by molar-refractivity contribution is -0.146. The number of carbonyl (C=O) groups is 2. The van der Waals surface area contributed by atoms with Gasteiger partial charge in [0.05, 0.1) is 17.4 Å². The zero-order valence-electron chi connectivity index (χ0n) is 13.0. The molecule has 120 valence electrons. The molecule has 2 aliphatic rings. The van der Waals surface area contributed by atoms with Crippen LogP contribution in [0.15, 0.2) is 0 Å². The Morgan fingerprint density at radius 1 is 1.10 bits per heavy atom. The minimum absolute atomic E-state index is 0.209. The molecule has 3 N–H and O–H groups in total. The van der Waals surface area contributed by atoms with Crippen LogP contribution in [0.2, 0.25) is 0 Å². The minimum Gasteiger partial charge on any atom is -0.481 e. The summed E-state index contributed by atoms with van der Waals surface area (Å²) in [5.74, 6) is -1.23. The maximum absolute atomic E-state index is 12.3. The molecule has 0 aromatic heterocycles. The number of carboxylic acid groups (broad SMARTS) is 1. The Morgan fingerprint density at radius 3 is 2.24 bits per heavy atom. The standard InChI is InChI=1S/C16H27NO4/c1-10-3-5-16(21,6-4-10)9-17-14(18)12-7-11(2)8-13(12)15(19)20/h10-13,21H,3-9H2,1-2H3,(H,17,18)(H,19,20)/t10?,11?,12-,13+,16?/m0/s1. The molecular weight excluding hydrogens is 270 g/mol. The van der Waals surface area contributed by atoms with Gasteiger partial charge in [-0.15, -0.1) is 0 Å². The van der Waals surface area contributed by atoms with E-state index in [1.54, 1.807) is 0 Å². The zero-order chi connectivity index (χ0) is 15.6. The van der Waals surface area contributed by atoms with E-state index >= 15 is 0 Å². The zero-order valence-corrected chi connectivity index (χ0v) is 13.0. The average Bonchev–Trinajstić information content (AvgIpc) is 2.82. The highest BCUT2D eigenvalue weighted by atomic mass is 16.4. The van der Waals surface area contributed by atoms with Crippen molar-refractivity contribution in [1.82, 2.24) is 5.32 Å². The Balaban J connectivity index is 1.88. The Kier molecular flexibility index (Phi) is 4.91. The fourth-order valence-corrected chi connectivity index (χ4v) is 3.71. The minimum atomic E-state index is -0.885. The van der Waals surface area contributed by atoms with Crippen molar-refractivity contribution < 1.29 is 19.8 Å². The van der Waals surface area contributed by atoms with Gasteiger partial charge in [-0.25, -0.2) is 0 Å². The molecule has 1 unspecified atom stereocenters. The van der Waals surface area contributed by atoms with Gasteiger partial charge in [0.25, 0.3) is 0 Å². The SMILES string of the molecule is CC1CCC(O)(CNC(=O)[C@H]2CC(C)C[C@H]2C(=O)O)CC1. The highest BCUT2D eigenvalue weighted by Crippen LogP contribution is 2.37. The number of aliphatic hydroxyl groups is 1. The van der Waals surface area contributed by atoms with E-state index in [1.165, 1.54) is 0 Å². The van der Waals surface area contributed by atoms with Crippen LogP contribution in [0.1, 0.15) is 52.4 Å². The number of carbonyl (C=O) groups excluding carboxylic acids is 1. The number of carboxylic acids is 1. The quantitative estimate of drug-likeness (QED) is 0.738. The largest absolute Gasteiger partial charge is 0.481 e. The molecule has 2 fully saturated rings. The third kappa shape index (κ3) is 3.96. The Bertz CT molecular complexity index is 401. The fraction of sp³-hybridized carbons (Fsp3) is 0.875. The lowest BCUT2D eigenvalue weighted by Crippen LogP contribution is -2.47. The highest BCUT2D eigenvalue weighted by Gasteiger charge is 2.42. The van der Waals surface area contributed by atoms with E-state index < -0.39 is 23.4 Å². The maximum Gasteiger partial charge on any atom is 0.307 e. The molecular formula is C16H27NO4. The number of hydrogen-bond acceptors (Lipinski definition) is 3. The van der Waals surface area contributed by atoms with Crippen LogP contribution in [0.3, 0.4) is 0 Å². The molecule has 2 rings (SSSR count). The molecule has 21 heavy (non-hydrogen) atoms. The third-order valence-corrected chi connectivity index (χ3v) is 5.25. The van der Waals surface area contributed by atoms with Gasteiger partial charge in [0.1, 0.15) is 0 Å². The van der Waals surface area contributed by atoms with Gasteiger partial charge in [-0.05, 0) is 50.4 Å². The molecule has 5 heteroatoms. The first kappa shape index (κ1) is 16.3. The maximum atomic E-state index is 12.3. The summed E-state index contributed by atoms with van der Waals surface area (Å²) in [6.45, 7) is 4.41. The third-order valence-electron chi connectivity index (χ3n) is 5.25. The monoisotopic (exact) mass is 297 g/mol. The summed E-state index contributed by atoms with van der Waals surface area (Å²) >= 11 is 0. The summed E-state index contributed by atoms with van der Waals surface area (Å²) in [6.07, 6.45) is 4.55. The van der Waals surface area contributed by atoms with Gasteiger partial charge in [-0.2, -0.15) is 0 Å². The van der Waals surface area contributed by atoms with Gasteiger partial charge in [-0.1, -0.05) is 13.8 Å². The van der Waals surface area contributed by atoms with Crippen LogP contribution >= 0.6 is 0 Å². The number of rotatable bonds is 4. The van der Waals surface area contributed by atoms with E-state index in [9.17, 15) is 19.8 Å². The Labute approximate surface area is 126 Å². The highest BCUT2D eigenvalue weighted by molar-refractivity contribution is 5.85. The summed E-state index contributed by atoms with van der Waals surface area (Å²) in [5.41, 5.74) is -0.814. The first-order valence-electron chi connectivity index (χ1n) is 8.03. The molecule has 1 amide bonds. The molecule has 0 heterocycles. The van der Waals surface area contributed by atoms with E-state index in [4.69, 9.17) is 0 Å². The lowest BCUT2D eigenvalue weighted by atomic mass is 9.79. The second-order valence-electron chi connectivity index (χ2n) is 7.25. The number of aliphatic carboxylic acids is 1. The van der Waals surface area contributed by atoms with Gasteiger partial charge < -0.3 is 15.5 Å². The van der Waals surface area contributed by atoms with E-state index in [1.807, 2.05) is 6.92 Å². The Morgan fingerprint density at radius 2 is 1.67 bits per heavy atom. The van der Waals surface area contributed by atoms with Crippen LogP contribution in [-0.2, 0) is 9.59 Å².